The van der Waals surface area contributed by atoms with Crippen LogP contribution in [-0.2, 0) is 11.3 Å². The molecule has 0 radical (unpaired) electrons. The Hall–Kier alpha value is -1.43. The molecule has 0 aromatic carbocycles. The molecule has 20 heavy (non-hydrogen) atoms. The van der Waals surface area contributed by atoms with Gasteiger partial charge in [-0.3, -0.25) is 4.79 Å². The van der Waals surface area contributed by atoms with Crippen LogP contribution in [0.25, 0.3) is 0 Å². The molecule has 1 aromatic rings. The fraction of sp³-hybridized carbons (Fsp3) is 0.786. The predicted molar refractivity (Wildman–Crippen MR) is 77.2 cm³/mol. The van der Waals surface area contributed by atoms with Crippen LogP contribution in [0.3, 0.4) is 0 Å². The van der Waals surface area contributed by atoms with Gasteiger partial charge in [0, 0.05) is 12.1 Å². The Labute approximate surface area is 120 Å². The van der Waals surface area contributed by atoms with Crippen molar-refractivity contribution in [2.45, 2.75) is 50.6 Å². The molecular formula is C14H25N5O. The lowest BCUT2D eigenvalue weighted by atomic mass is 9.88. The molecular weight excluding hydrogens is 254 g/mol. The van der Waals surface area contributed by atoms with Crippen molar-refractivity contribution in [3.63, 3.8) is 0 Å². The summed E-state index contributed by atoms with van der Waals surface area (Å²) in [5.74, 6) is -0.0216. The lowest BCUT2D eigenvalue weighted by Gasteiger charge is -2.39. The predicted octanol–water partition coefficient (Wildman–Crippen LogP) is 1.05. The van der Waals surface area contributed by atoms with Crippen LogP contribution in [-0.4, -0.2) is 52.0 Å². The summed E-state index contributed by atoms with van der Waals surface area (Å²) in [6, 6.07) is 0. The molecule has 0 aliphatic heterocycles. The molecule has 1 aliphatic rings. The number of nitrogens with one attached hydrogen (secondary N) is 1. The Morgan fingerprint density at radius 3 is 2.35 bits per heavy atom. The first kappa shape index (κ1) is 15.0. The topological polar surface area (TPSA) is 63.1 Å². The van der Waals surface area contributed by atoms with Crippen LogP contribution in [0.2, 0.25) is 0 Å². The summed E-state index contributed by atoms with van der Waals surface area (Å²) in [5.41, 5.74) is 0.101. The SMILES string of the molecule is CN(C)C1(CNC(=O)Cn2nccn2)CCCCCC1. The molecule has 1 aromatic heterocycles. The molecule has 2 rings (SSSR count). The average molecular weight is 279 g/mol. The molecule has 1 heterocycles. The molecule has 1 aliphatic carbocycles. The fourth-order valence-corrected chi connectivity index (χ4v) is 2.94. The van der Waals surface area contributed by atoms with Gasteiger partial charge < -0.3 is 10.2 Å². The van der Waals surface area contributed by atoms with Crippen molar-refractivity contribution in [1.29, 1.82) is 0 Å². The van der Waals surface area contributed by atoms with Gasteiger partial charge in [0.25, 0.3) is 0 Å². The minimum absolute atomic E-state index is 0.0216. The van der Waals surface area contributed by atoms with E-state index in [0.29, 0.717) is 6.54 Å². The number of likely N-dealkylation sites (N-methyl/N-ethyl adjacent to an activating group) is 1. The molecule has 0 atom stereocenters. The van der Waals surface area contributed by atoms with Crippen molar-refractivity contribution in [3.05, 3.63) is 12.4 Å². The normalized spacial score (nSPS) is 18.8. The molecule has 0 bridgehead atoms. The van der Waals surface area contributed by atoms with E-state index in [4.69, 9.17) is 0 Å². The van der Waals surface area contributed by atoms with Crippen molar-refractivity contribution in [2.75, 3.05) is 20.6 Å². The van der Waals surface area contributed by atoms with Crippen LogP contribution in [0.1, 0.15) is 38.5 Å². The molecule has 0 unspecified atom stereocenters. The van der Waals surface area contributed by atoms with Gasteiger partial charge in [0.15, 0.2) is 0 Å². The Morgan fingerprint density at radius 1 is 1.20 bits per heavy atom. The summed E-state index contributed by atoms with van der Waals surface area (Å²) < 4.78 is 0. The van der Waals surface area contributed by atoms with E-state index in [1.165, 1.54) is 30.5 Å². The molecule has 1 N–H and O–H groups in total. The molecule has 112 valence electrons. The van der Waals surface area contributed by atoms with Gasteiger partial charge in [-0.05, 0) is 26.9 Å². The molecule has 0 saturated heterocycles. The number of nitrogens with zero attached hydrogens (tertiary/aromatic N) is 4. The van der Waals surface area contributed by atoms with Gasteiger partial charge in [-0.2, -0.15) is 15.0 Å². The Balaban J connectivity index is 1.89. The largest absolute Gasteiger partial charge is 0.353 e. The van der Waals surface area contributed by atoms with Crippen LogP contribution < -0.4 is 5.32 Å². The summed E-state index contributed by atoms with van der Waals surface area (Å²) in [6.45, 7) is 0.899. The van der Waals surface area contributed by atoms with E-state index in [-0.39, 0.29) is 18.0 Å². The molecule has 1 saturated carbocycles. The van der Waals surface area contributed by atoms with Gasteiger partial charge in [-0.1, -0.05) is 25.7 Å². The maximum Gasteiger partial charge on any atom is 0.243 e. The Morgan fingerprint density at radius 2 is 1.80 bits per heavy atom. The van der Waals surface area contributed by atoms with E-state index in [1.54, 1.807) is 12.4 Å². The first-order chi connectivity index (χ1) is 9.62. The van der Waals surface area contributed by atoms with Gasteiger partial charge in [-0.15, -0.1) is 0 Å². The molecule has 1 fully saturated rings. The zero-order chi connectivity index (χ0) is 14.4. The number of hydrogen-bond donors (Lipinski definition) is 1. The quantitative estimate of drug-likeness (QED) is 0.818. The highest BCUT2D eigenvalue weighted by Crippen LogP contribution is 2.30. The number of hydrogen-bond acceptors (Lipinski definition) is 4. The first-order valence-electron chi connectivity index (χ1n) is 7.41. The second kappa shape index (κ2) is 6.83. The van der Waals surface area contributed by atoms with Crippen LogP contribution in [0.5, 0.6) is 0 Å². The van der Waals surface area contributed by atoms with Crippen molar-refractivity contribution < 1.29 is 4.79 Å². The van der Waals surface area contributed by atoms with Crippen LogP contribution >= 0.6 is 0 Å². The second-order valence-corrected chi connectivity index (χ2v) is 5.87. The van der Waals surface area contributed by atoms with Gasteiger partial charge in [0.05, 0.1) is 12.4 Å². The van der Waals surface area contributed by atoms with Crippen molar-refractivity contribution in [1.82, 2.24) is 25.2 Å². The zero-order valence-electron chi connectivity index (χ0n) is 12.5. The number of carbonyl (C=O) groups is 1. The monoisotopic (exact) mass is 279 g/mol. The zero-order valence-corrected chi connectivity index (χ0v) is 12.5. The molecule has 0 spiro atoms. The van der Waals surface area contributed by atoms with Gasteiger partial charge in [-0.25, -0.2) is 0 Å². The van der Waals surface area contributed by atoms with Gasteiger partial charge in [0.1, 0.15) is 6.54 Å². The lowest BCUT2D eigenvalue weighted by Crippen LogP contribution is -2.52. The van der Waals surface area contributed by atoms with Crippen molar-refractivity contribution in [2.24, 2.45) is 0 Å². The smallest absolute Gasteiger partial charge is 0.243 e. The summed E-state index contributed by atoms with van der Waals surface area (Å²) in [4.78, 5) is 15.7. The summed E-state index contributed by atoms with van der Waals surface area (Å²) in [5, 5.41) is 11.0. The minimum atomic E-state index is -0.0216. The molecule has 6 nitrogen and oxygen atoms in total. The third-order valence-corrected chi connectivity index (χ3v) is 4.35. The minimum Gasteiger partial charge on any atom is -0.353 e. The van der Waals surface area contributed by atoms with E-state index in [0.717, 1.165) is 12.8 Å². The standard InChI is InChI=1S/C14H25N5O/c1-18(2)14(7-5-3-4-6-8-14)12-15-13(20)11-19-16-9-10-17-19/h9-10H,3-8,11-12H2,1-2H3,(H,15,20). The second-order valence-electron chi connectivity index (χ2n) is 5.87. The maximum absolute atomic E-state index is 12.0. The van der Waals surface area contributed by atoms with E-state index in [2.05, 4.69) is 34.5 Å². The fourth-order valence-electron chi connectivity index (χ4n) is 2.94. The first-order valence-corrected chi connectivity index (χ1v) is 7.41. The number of rotatable bonds is 5. The number of amides is 1. The van der Waals surface area contributed by atoms with Gasteiger partial charge >= 0.3 is 0 Å². The van der Waals surface area contributed by atoms with Crippen molar-refractivity contribution in [3.8, 4) is 0 Å². The molecule has 6 heteroatoms. The third kappa shape index (κ3) is 3.79. The lowest BCUT2D eigenvalue weighted by molar-refractivity contribution is -0.122. The highest BCUT2D eigenvalue weighted by Gasteiger charge is 2.33. The summed E-state index contributed by atoms with van der Waals surface area (Å²) in [7, 11) is 4.24. The van der Waals surface area contributed by atoms with E-state index >= 15 is 0 Å². The van der Waals surface area contributed by atoms with E-state index < -0.39 is 0 Å². The average Bonchev–Trinajstić information content (AvgIpc) is 2.79. The van der Waals surface area contributed by atoms with Crippen LogP contribution in [0.4, 0.5) is 0 Å². The number of carbonyl (C=O) groups excluding carboxylic acids is 1. The number of aromatic nitrogens is 3. The summed E-state index contributed by atoms with van der Waals surface area (Å²) >= 11 is 0. The third-order valence-electron chi connectivity index (χ3n) is 4.35. The summed E-state index contributed by atoms with van der Waals surface area (Å²) in [6.07, 6.45) is 10.6. The van der Waals surface area contributed by atoms with Crippen molar-refractivity contribution >= 4 is 5.91 Å². The van der Waals surface area contributed by atoms with Gasteiger partial charge in [0.2, 0.25) is 5.91 Å². The molecule has 1 amide bonds. The highest BCUT2D eigenvalue weighted by atomic mass is 16.2. The van der Waals surface area contributed by atoms with E-state index in [9.17, 15) is 4.79 Å². The highest BCUT2D eigenvalue weighted by molar-refractivity contribution is 5.75. The van der Waals surface area contributed by atoms with E-state index in [1.807, 2.05) is 0 Å². The maximum atomic E-state index is 12.0. The Bertz CT molecular complexity index is 407. The Kier molecular flexibility index (Phi) is 5.11. The van der Waals surface area contributed by atoms with Crippen LogP contribution in [0.15, 0.2) is 12.4 Å². The van der Waals surface area contributed by atoms with Crippen LogP contribution in [0, 0.1) is 0 Å².